The number of carbonyl (C=O) groups excluding carboxylic acids is 1. The van der Waals surface area contributed by atoms with Gasteiger partial charge in [-0.25, -0.2) is 0 Å². The molecule has 0 amide bonds. The molecule has 0 saturated carbocycles. The van der Waals surface area contributed by atoms with Crippen LogP contribution in [-0.4, -0.2) is 43.0 Å². The van der Waals surface area contributed by atoms with Gasteiger partial charge in [0.1, 0.15) is 6.23 Å². The van der Waals surface area contributed by atoms with Crippen LogP contribution in [0.25, 0.3) is 0 Å². The van der Waals surface area contributed by atoms with Crippen molar-refractivity contribution in [3.05, 3.63) is 46.5 Å². The van der Waals surface area contributed by atoms with Crippen LogP contribution >= 0.6 is 0 Å². The number of carbonyl (C=O) groups is 1. The van der Waals surface area contributed by atoms with Gasteiger partial charge in [-0.3, -0.25) is 9.69 Å². The molecule has 2 aromatic rings. The first-order valence-corrected chi connectivity index (χ1v) is 8.87. The first-order chi connectivity index (χ1) is 13.1. The number of benzene rings is 2. The largest absolute Gasteiger partial charge is 0.454 e. The molecule has 1 N–H and O–H groups in total. The summed E-state index contributed by atoms with van der Waals surface area (Å²) in [5, 5.41) is 10.9. The predicted molar refractivity (Wildman–Crippen MR) is 94.5 cm³/mol. The third-order valence-corrected chi connectivity index (χ3v) is 5.33. The third kappa shape index (κ3) is 2.62. The molecule has 1 unspecified atom stereocenters. The van der Waals surface area contributed by atoms with E-state index >= 15 is 0 Å². The molecule has 0 aromatic heterocycles. The minimum Gasteiger partial charge on any atom is -0.454 e. The molecule has 140 valence electrons. The molecule has 3 aliphatic heterocycles. The molecule has 1 atom stereocenters. The smallest absolute Gasteiger partial charge is 0.231 e. The first kappa shape index (κ1) is 16.4. The van der Waals surface area contributed by atoms with Crippen LogP contribution in [0.4, 0.5) is 0 Å². The molecule has 0 saturated heterocycles. The van der Waals surface area contributed by atoms with Crippen LogP contribution in [0.3, 0.4) is 0 Å². The number of nitrogens with zero attached hydrogens (tertiary/aromatic N) is 1. The SMILES string of the molecule is CN1CCc2cc3c(cc2C(=O)Cc2ccc4c(c2C1O)OCO4)OCO3. The molecular formula is C20H19NO6. The molecule has 7 heteroatoms. The Morgan fingerprint density at radius 1 is 1.00 bits per heavy atom. The summed E-state index contributed by atoms with van der Waals surface area (Å²) in [6, 6.07) is 7.25. The van der Waals surface area contributed by atoms with Crippen molar-refractivity contribution < 1.29 is 28.8 Å². The molecular weight excluding hydrogens is 350 g/mol. The minimum atomic E-state index is -0.889. The van der Waals surface area contributed by atoms with E-state index in [4.69, 9.17) is 18.9 Å². The monoisotopic (exact) mass is 369 g/mol. The van der Waals surface area contributed by atoms with Gasteiger partial charge in [-0.2, -0.15) is 0 Å². The first-order valence-electron chi connectivity index (χ1n) is 8.87. The van der Waals surface area contributed by atoms with Crippen molar-refractivity contribution >= 4 is 5.78 Å². The highest BCUT2D eigenvalue weighted by Crippen LogP contribution is 2.43. The van der Waals surface area contributed by atoms with Gasteiger partial charge in [0.05, 0.1) is 0 Å². The Bertz CT molecular complexity index is 941. The van der Waals surface area contributed by atoms with E-state index in [0.717, 1.165) is 11.1 Å². The van der Waals surface area contributed by atoms with Gasteiger partial charge in [-0.15, -0.1) is 0 Å². The summed E-state index contributed by atoms with van der Waals surface area (Å²) >= 11 is 0. The number of likely N-dealkylation sites (N-methyl/N-ethyl adjacent to an activating group) is 1. The van der Waals surface area contributed by atoms with Crippen LogP contribution in [0.1, 0.15) is 33.3 Å². The summed E-state index contributed by atoms with van der Waals surface area (Å²) in [6.07, 6.45) is -0.128. The van der Waals surface area contributed by atoms with Crippen LogP contribution in [0.15, 0.2) is 24.3 Å². The molecule has 27 heavy (non-hydrogen) atoms. The quantitative estimate of drug-likeness (QED) is 0.761. The summed E-state index contributed by atoms with van der Waals surface area (Å²) in [4.78, 5) is 14.9. The number of ketones is 1. The molecule has 0 bridgehead atoms. The average Bonchev–Trinajstić information content (AvgIpc) is 3.32. The van der Waals surface area contributed by atoms with E-state index in [9.17, 15) is 9.90 Å². The third-order valence-electron chi connectivity index (χ3n) is 5.33. The van der Waals surface area contributed by atoms with Gasteiger partial charge in [0, 0.05) is 24.1 Å². The van der Waals surface area contributed by atoms with Crippen LogP contribution in [0, 0.1) is 0 Å². The van der Waals surface area contributed by atoms with Gasteiger partial charge in [0.15, 0.2) is 28.8 Å². The molecule has 0 aliphatic carbocycles. The van der Waals surface area contributed by atoms with Gasteiger partial charge < -0.3 is 24.1 Å². The number of aliphatic hydroxyl groups excluding tert-OH is 1. The lowest BCUT2D eigenvalue weighted by molar-refractivity contribution is 0.0185. The highest BCUT2D eigenvalue weighted by molar-refractivity contribution is 6.00. The van der Waals surface area contributed by atoms with Crippen molar-refractivity contribution in [3.8, 4) is 23.0 Å². The maximum atomic E-state index is 13.1. The maximum Gasteiger partial charge on any atom is 0.231 e. The van der Waals surface area contributed by atoms with E-state index in [1.807, 2.05) is 24.1 Å². The Hall–Kier alpha value is -2.77. The zero-order valence-corrected chi connectivity index (χ0v) is 14.9. The summed E-state index contributed by atoms with van der Waals surface area (Å²) in [5.74, 6) is 2.34. The van der Waals surface area contributed by atoms with E-state index in [-0.39, 0.29) is 25.8 Å². The lowest BCUT2D eigenvalue weighted by Crippen LogP contribution is -2.29. The normalized spacial score (nSPS) is 21.0. The van der Waals surface area contributed by atoms with Crippen LogP contribution in [0.5, 0.6) is 23.0 Å². The van der Waals surface area contributed by atoms with Gasteiger partial charge in [0.2, 0.25) is 13.6 Å². The fraction of sp³-hybridized carbons (Fsp3) is 0.350. The van der Waals surface area contributed by atoms with Crippen molar-refractivity contribution in [2.24, 2.45) is 0 Å². The molecule has 5 rings (SSSR count). The van der Waals surface area contributed by atoms with Crippen LogP contribution < -0.4 is 18.9 Å². The van der Waals surface area contributed by atoms with Gasteiger partial charge in [0.25, 0.3) is 0 Å². The van der Waals surface area contributed by atoms with E-state index < -0.39 is 6.23 Å². The van der Waals surface area contributed by atoms with Crippen molar-refractivity contribution in [1.82, 2.24) is 4.90 Å². The molecule has 2 aromatic carbocycles. The minimum absolute atomic E-state index is 0.0276. The summed E-state index contributed by atoms with van der Waals surface area (Å²) in [7, 11) is 1.85. The topological polar surface area (TPSA) is 77.5 Å². The van der Waals surface area contributed by atoms with Gasteiger partial charge in [-0.05, 0) is 42.8 Å². The molecule has 0 radical (unpaired) electrons. The van der Waals surface area contributed by atoms with E-state index in [1.165, 1.54) is 0 Å². The Labute approximate surface area is 156 Å². The number of rotatable bonds is 0. The Morgan fingerprint density at radius 3 is 2.59 bits per heavy atom. The van der Waals surface area contributed by atoms with Crippen molar-refractivity contribution in [1.29, 1.82) is 0 Å². The Balaban J connectivity index is 1.63. The predicted octanol–water partition coefficient (Wildman–Crippen LogP) is 2.05. The Kier molecular flexibility index (Phi) is 3.73. The molecule has 0 spiro atoms. The van der Waals surface area contributed by atoms with Gasteiger partial charge in [-0.1, -0.05) is 6.07 Å². The van der Waals surface area contributed by atoms with Gasteiger partial charge >= 0.3 is 0 Å². The summed E-state index contributed by atoms with van der Waals surface area (Å²) in [5.41, 5.74) is 2.86. The standard InChI is InChI=1S/C20H19NO6/c1-21-5-4-11-7-16-17(26-9-25-16)8-13(11)14(22)6-12-2-3-15-19(27-10-24-15)18(12)20(21)23/h2-3,7-8,20,23H,4-6,9-10H2,1H3. The highest BCUT2D eigenvalue weighted by Gasteiger charge is 2.31. The molecule has 3 aliphatic rings. The van der Waals surface area contributed by atoms with E-state index in [0.29, 0.717) is 47.1 Å². The number of Topliss-reactive ketones (excluding diaryl/α,β-unsaturated/α-hetero) is 1. The fourth-order valence-electron chi connectivity index (χ4n) is 3.83. The number of hydrogen-bond donors (Lipinski definition) is 1. The van der Waals surface area contributed by atoms with E-state index in [1.54, 1.807) is 12.1 Å². The van der Waals surface area contributed by atoms with Crippen LogP contribution in [0.2, 0.25) is 0 Å². The molecule has 7 nitrogen and oxygen atoms in total. The zero-order chi connectivity index (χ0) is 18.5. The molecule has 0 fully saturated rings. The zero-order valence-electron chi connectivity index (χ0n) is 14.9. The Morgan fingerprint density at radius 2 is 1.74 bits per heavy atom. The second-order valence-corrected chi connectivity index (χ2v) is 6.94. The maximum absolute atomic E-state index is 13.1. The number of fused-ring (bicyclic) bond motifs is 5. The van der Waals surface area contributed by atoms with E-state index in [2.05, 4.69) is 0 Å². The lowest BCUT2D eigenvalue weighted by Gasteiger charge is -2.28. The highest BCUT2D eigenvalue weighted by atomic mass is 16.7. The second kappa shape index (κ2) is 6.14. The lowest BCUT2D eigenvalue weighted by atomic mass is 9.91. The average molecular weight is 369 g/mol. The van der Waals surface area contributed by atoms with Crippen LogP contribution in [-0.2, 0) is 12.8 Å². The van der Waals surface area contributed by atoms with Crippen molar-refractivity contribution in [3.63, 3.8) is 0 Å². The fourth-order valence-corrected chi connectivity index (χ4v) is 3.83. The van der Waals surface area contributed by atoms with Crippen molar-refractivity contribution in [2.45, 2.75) is 19.1 Å². The second-order valence-electron chi connectivity index (χ2n) is 6.94. The number of ether oxygens (including phenoxy) is 4. The number of aliphatic hydroxyl groups is 1. The summed E-state index contributed by atoms with van der Waals surface area (Å²) < 4.78 is 21.9. The number of hydrogen-bond acceptors (Lipinski definition) is 7. The summed E-state index contributed by atoms with van der Waals surface area (Å²) in [6.45, 7) is 0.838. The van der Waals surface area contributed by atoms with Crippen molar-refractivity contribution in [2.75, 3.05) is 27.2 Å². The molecule has 3 heterocycles.